The molecule has 3 nitrogen and oxygen atoms in total. The van der Waals surface area contributed by atoms with Crippen molar-refractivity contribution in [3.63, 3.8) is 0 Å². The maximum Gasteiger partial charge on any atom is 0.190 e. The van der Waals surface area contributed by atoms with Crippen molar-refractivity contribution in [3.05, 3.63) is 64.7 Å². The number of fused-ring (bicyclic) bond motifs is 3. The van der Waals surface area contributed by atoms with Gasteiger partial charge in [-0.15, -0.1) is 0 Å². The molecule has 2 aromatic rings. The maximum absolute atomic E-state index is 6.21. The molecule has 0 unspecified atom stereocenters. The lowest BCUT2D eigenvalue weighted by Crippen LogP contribution is -2.43. The Kier molecular flexibility index (Phi) is 3.53. The van der Waals surface area contributed by atoms with Gasteiger partial charge in [-0.2, -0.15) is 5.10 Å². The van der Waals surface area contributed by atoms with E-state index >= 15 is 0 Å². The third kappa shape index (κ3) is 2.49. The molecule has 23 heavy (non-hydrogen) atoms. The van der Waals surface area contributed by atoms with Crippen LogP contribution < -0.4 is 4.74 Å². The molecular formula is C19H19ClN2O. The normalized spacial score (nSPS) is 22.4. The van der Waals surface area contributed by atoms with Crippen molar-refractivity contribution >= 4 is 17.3 Å². The largest absolute Gasteiger partial charge is 0.468 e. The number of rotatable bonds is 2. The molecule has 2 aliphatic heterocycles. The SMILES string of the molecule is CC(C)[C@H]1Oc2ccc(Cl)cc2[C@H]2CC(c3ccccc3)=NN21. The van der Waals surface area contributed by atoms with Crippen LogP contribution in [0.4, 0.5) is 0 Å². The van der Waals surface area contributed by atoms with E-state index in [2.05, 4.69) is 43.1 Å². The van der Waals surface area contributed by atoms with E-state index in [4.69, 9.17) is 21.4 Å². The van der Waals surface area contributed by atoms with Gasteiger partial charge in [0.25, 0.3) is 0 Å². The summed E-state index contributed by atoms with van der Waals surface area (Å²) >= 11 is 6.21. The van der Waals surface area contributed by atoms with E-state index < -0.39 is 0 Å². The number of hydrazone groups is 1. The molecule has 0 spiro atoms. The number of benzene rings is 2. The fraction of sp³-hybridized carbons (Fsp3) is 0.316. The topological polar surface area (TPSA) is 24.8 Å². The summed E-state index contributed by atoms with van der Waals surface area (Å²) in [5.74, 6) is 1.28. The van der Waals surface area contributed by atoms with Crippen molar-refractivity contribution in [2.24, 2.45) is 11.0 Å². The van der Waals surface area contributed by atoms with Gasteiger partial charge in [0.15, 0.2) is 6.23 Å². The van der Waals surface area contributed by atoms with Crippen molar-refractivity contribution in [2.45, 2.75) is 32.5 Å². The van der Waals surface area contributed by atoms with E-state index in [1.807, 2.05) is 24.3 Å². The van der Waals surface area contributed by atoms with Crippen LogP contribution in [0.3, 0.4) is 0 Å². The second-order valence-electron chi connectivity index (χ2n) is 6.45. The van der Waals surface area contributed by atoms with Crippen LogP contribution in [-0.4, -0.2) is 16.9 Å². The number of hydrogen-bond donors (Lipinski definition) is 0. The van der Waals surface area contributed by atoms with Gasteiger partial charge in [0.05, 0.1) is 11.8 Å². The highest BCUT2D eigenvalue weighted by molar-refractivity contribution is 6.30. The number of ether oxygens (including phenoxy) is 1. The summed E-state index contributed by atoms with van der Waals surface area (Å²) in [4.78, 5) is 0. The van der Waals surface area contributed by atoms with Crippen molar-refractivity contribution in [1.29, 1.82) is 0 Å². The predicted molar refractivity (Wildman–Crippen MR) is 92.9 cm³/mol. The van der Waals surface area contributed by atoms with Gasteiger partial charge in [0.1, 0.15) is 5.75 Å². The third-order valence-corrected chi connectivity index (χ3v) is 4.69. The first-order chi connectivity index (χ1) is 11.1. The van der Waals surface area contributed by atoms with E-state index in [-0.39, 0.29) is 12.3 Å². The van der Waals surface area contributed by atoms with Crippen LogP contribution in [0.15, 0.2) is 53.6 Å². The van der Waals surface area contributed by atoms with E-state index in [9.17, 15) is 0 Å². The van der Waals surface area contributed by atoms with Crippen LogP contribution in [0.1, 0.15) is 37.4 Å². The molecule has 0 N–H and O–H groups in total. The number of hydrogen-bond acceptors (Lipinski definition) is 3. The Bertz CT molecular complexity index is 757. The first kappa shape index (κ1) is 14.6. The van der Waals surface area contributed by atoms with Gasteiger partial charge in [-0.05, 0) is 23.8 Å². The quantitative estimate of drug-likeness (QED) is 0.786. The van der Waals surface area contributed by atoms with Crippen LogP contribution in [0.5, 0.6) is 5.75 Å². The zero-order chi connectivity index (χ0) is 16.0. The minimum Gasteiger partial charge on any atom is -0.468 e. The molecule has 2 atom stereocenters. The average Bonchev–Trinajstić information content (AvgIpc) is 3.00. The van der Waals surface area contributed by atoms with E-state index in [1.165, 1.54) is 5.56 Å². The van der Waals surface area contributed by atoms with Crippen LogP contribution >= 0.6 is 11.6 Å². The molecule has 0 amide bonds. The van der Waals surface area contributed by atoms with Gasteiger partial charge >= 0.3 is 0 Å². The summed E-state index contributed by atoms with van der Waals surface area (Å²) < 4.78 is 6.21. The minimum atomic E-state index is -0.0464. The lowest BCUT2D eigenvalue weighted by atomic mass is 9.95. The second-order valence-corrected chi connectivity index (χ2v) is 6.88. The monoisotopic (exact) mass is 326 g/mol. The Morgan fingerprint density at radius 3 is 2.70 bits per heavy atom. The summed E-state index contributed by atoms with van der Waals surface area (Å²) in [6.07, 6.45) is 0.833. The van der Waals surface area contributed by atoms with Crippen molar-refractivity contribution in [1.82, 2.24) is 5.01 Å². The lowest BCUT2D eigenvalue weighted by Gasteiger charge is -2.40. The summed E-state index contributed by atoms with van der Waals surface area (Å²) in [7, 11) is 0. The van der Waals surface area contributed by atoms with Gasteiger partial charge in [-0.1, -0.05) is 55.8 Å². The maximum atomic E-state index is 6.21. The predicted octanol–water partition coefficient (Wildman–Crippen LogP) is 4.87. The van der Waals surface area contributed by atoms with E-state index in [0.717, 1.165) is 28.5 Å². The molecule has 0 bridgehead atoms. The van der Waals surface area contributed by atoms with Gasteiger partial charge in [-0.25, -0.2) is 5.01 Å². The van der Waals surface area contributed by atoms with Crippen LogP contribution in [0.25, 0.3) is 0 Å². The Hall–Kier alpha value is -2.00. The molecule has 0 aliphatic carbocycles. The molecular weight excluding hydrogens is 308 g/mol. The zero-order valence-electron chi connectivity index (χ0n) is 13.2. The highest BCUT2D eigenvalue weighted by Crippen LogP contribution is 2.45. The second kappa shape index (κ2) is 5.57. The van der Waals surface area contributed by atoms with Crippen molar-refractivity contribution in [2.75, 3.05) is 0 Å². The van der Waals surface area contributed by atoms with Gasteiger partial charge in [0, 0.05) is 22.9 Å². The van der Waals surface area contributed by atoms with Gasteiger partial charge in [-0.3, -0.25) is 0 Å². The van der Waals surface area contributed by atoms with E-state index in [0.29, 0.717) is 5.92 Å². The third-order valence-electron chi connectivity index (χ3n) is 4.46. The first-order valence-corrected chi connectivity index (χ1v) is 8.38. The molecule has 0 saturated carbocycles. The molecule has 0 fully saturated rings. The van der Waals surface area contributed by atoms with Gasteiger partial charge in [0.2, 0.25) is 0 Å². The van der Waals surface area contributed by atoms with Gasteiger partial charge < -0.3 is 4.74 Å². The molecule has 2 heterocycles. The standard InChI is InChI=1S/C19H19ClN2O/c1-12(2)19-22-17(15-10-14(20)8-9-18(15)23-19)11-16(21-22)13-6-4-3-5-7-13/h3-10,12,17,19H,11H2,1-2H3/t17-,19-/m1/s1. The smallest absolute Gasteiger partial charge is 0.190 e. The summed E-state index contributed by atoms with van der Waals surface area (Å²) in [5.41, 5.74) is 3.41. The van der Waals surface area contributed by atoms with Crippen LogP contribution in [0, 0.1) is 5.92 Å². The van der Waals surface area contributed by atoms with Crippen LogP contribution in [-0.2, 0) is 0 Å². The molecule has 0 radical (unpaired) electrons. The Morgan fingerprint density at radius 2 is 1.96 bits per heavy atom. The minimum absolute atomic E-state index is 0.0464. The summed E-state index contributed by atoms with van der Waals surface area (Å²) in [6.45, 7) is 4.33. The highest BCUT2D eigenvalue weighted by Gasteiger charge is 2.41. The molecule has 4 heteroatoms. The molecule has 4 rings (SSSR count). The summed E-state index contributed by atoms with van der Waals surface area (Å²) in [5, 5.41) is 7.75. The Balaban J connectivity index is 1.77. The molecule has 0 saturated heterocycles. The highest BCUT2D eigenvalue weighted by atomic mass is 35.5. The lowest BCUT2D eigenvalue weighted by molar-refractivity contribution is -0.0461. The first-order valence-electron chi connectivity index (χ1n) is 8.01. The molecule has 118 valence electrons. The summed E-state index contributed by atoms with van der Waals surface area (Å²) in [6, 6.07) is 16.4. The van der Waals surface area contributed by atoms with Crippen LogP contribution in [0.2, 0.25) is 5.02 Å². The fourth-order valence-electron chi connectivity index (χ4n) is 3.33. The Labute approximate surface area is 141 Å². The molecule has 0 aromatic heterocycles. The Morgan fingerprint density at radius 1 is 1.17 bits per heavy atom. The van der Waals surface area contributed by atoms with Crippen molar-refractivity contribution in [3.8, 4) is 5.75 Å². The number of halogens is 1. The van der Waals surface area contributed by atoms with Crippen molar-refractivity contribution < 1.29 is 4.74 Å². The average molecular weight is 327 g/mol. The fourth-order valence-corrected chi connectivity index (χ4v) is 3.51. The zero-order valence-corrected chi connectivity index (χ0v) is 14.0. The molecule has 2 aromatic carbocycles. The molecule has 2 aliphatic rings. The number of nitrogens with zero attached hydrogens (tertiary/aromatic N) is 2. The van der Waals surface area contributed by atoms with E-state index in [1.54, 1.807) is 0 Å².